The Labute approximate surface area is 273 Å². The molecular weight excluding hydrogens is 575 g/mol. The molecule has 1 aliphatic rings. The molecule has 2 aromatic heterocycles. The number of rotatable bonds is 8. The number of piperidine rings is 1. The number of carbonyl (C=O) groups is 1. The molecule has 6 heteroatoms. The Kier molecular flexibility index (Phi) is 9.83. The Morgan fingerprint density at radius 1 is 0.956 bits per heavy atom. The zero-order valence-corrected chi connectivity index (χ0v) is 29.2. The molecular formula is C39H49N3O2S. The van der Waals surface area contributed by atoms with E-state index in [4.69, 9.17) is 4.98 Å². The molecule has 5 rings (SSSR count). The summed E-state index contributed by atoms with van der Waals surface area (Å²) in [5.74, 6) is 0.289. The second-order valence-electron chi connectivity index (χ2n) is 13.9. The first-order chi connectivity index (χ1) is 21.4. The number of nitrogens with zero attached hydrogens (tertiary/aromatic N) is 3. The number of likely N-dealkylation sites (tertiary alicyclic amines) is 1. The number of hydrogen-bond acceptors (Lipinski definition) is 4. The van der Waals surface area contributed by atoms with Gasteiger partial charge in [-0.1, -0.05) is 90.9 Å². The Morgan fingerprint density at radius 3 is 2.13 bits per heavy atom. The molecule has 3 heterocycles. The van der Waals surface area contributed by atoms with Crippen LogP contribution >= 0.6 is 11.3 Å². The molecule has 45 heavy (non-hydrogen) atoms. The monoisotopic (exact) mass is 623 g/mol. The maximum Gasteiger partial charge on any atom is 0.265 e. The normalized spacial score (nSPS) is 13.9. The van der Waals surface area contributed by atoms with E-state index >= 15 is 0 Å². The predicted molar refractivity (Wildman–Crippen MR) is 189 cm³/mol. The van der Waals surface area contributed by atoms with E-state index in [0.717, 1.165) is 83.8 Å². The number of benzene rings is 2. The average Bonchev–Trinajstić information content (AvgIpc) is 3.41. The molecule has 1 fully saturated rings. The van der Waals surface area contributed by atoms with Gasteiger partial charge in [-0.05, 0) is 79.5 Å². The Bertz CT molecular complexity index is 1710. The Hall–Kier alpha value is -3.51. The summed E-state index contributed by atoms with van der Waals surface area (Å²) in [6, 6.07) is 16.8. The second-order valence-corrected chi connectivity index (χ2v) is 15.1. The summed E-state index contributed by atoms with van der Waals surface area (Å²) in [6.45, 7) is 18.8. The highest BCUT2D eigenvalue weighted by Gasteiger charge is 2.29. The van der Waals surface area contributed by atoms with Gasteiger partial charge < -0.3 is 4.90 Å². The van der Waals surface area contributed by atoms with Gasteiger partial charge in [-0.15, -0.1) is 11.3 Å². The van der Waals surface area contributed by atoms with Crippen LogP contribution in [0.2, 0.25) is 0 Å². The molecule has 0 atom stereocenters. The van der Waals surface area contributed by atoms with Gasteiger partial charge in [0.2, 0.25) is 0 Å². The molecule has 238 valence electrons. The van der Waals surface area contributed by atoms with Crippen molar-refractivity contribution in [1.29, 1.82) is 0 Å². The SMILES string of the molecule is CCc1cccc(CC)c1-n1c(CC(C)C)c(C(=O)N2CCCCC2)cc(-c2nc(-c3ccc(C(C)(C)C)cc3)c(C)s2)c1=O. The number of hydrogen-bond donors (Lipinski definition) is 0. The van der Waals surface area contributed by atoms with Crippen molar-refractivity contribution in [3.05, 3.63) is 91.7 Å². The van der Waals surface area contributed by atoms with Crippen LogP contribution in [0.1, 0.15) is 105 Å². The predicted octanol–water partition coefficient (Wildman–Crippen LogP) is 9.18. The van der Waals surface area contributed by atoms with Gasteiger partial charge in [0.15, 0.2) is 0 Å². The highest BCUT2D eigenvalue weighted by molar-refractivity contribution is 7.15. The van der Waals surface area contributed by atoms with Crippen molar-refractivity contribution in [3.8, 4) is 27.5 Å². The fraction of sp³-hybridized carbons (Fsp3) is 0.462. The molecule has 0 saturated carbocycles. The fourth-order valence-corrected chi connectivity index (χ4v) is 7.44. The number of aromatic nitrogens is 2. The minimum Gasteiger partial charge on any atom is -0.339 e. The smallest absolute Gasteiger partial charge is 0.265 e. The van der Waals surface area contributed by atoms with Crippen LogP contribution in [0.15, 0.2) is 53.3 Å². The average molecular weight is 624 g/mol. The van der Waals surface area contributed by atoms with Crippen molar-refractivity contribution in [2.24, 2.45) is 5.92 Å². The van der Waals surface area contributed by atoms with E-state index in [9.17, 15) is 9.59 Å². The van der Waals surface area contributed by atoms with Gasteiger partial charge in [-0.3, -0.25) is 14.2 Å². The molecule has 0 radical (unpaired) electrons. The van der Waals surface area contributed by atoms with E-state index in [0.29, 0.717) is 22.6 Å². The highest BCUT2D eigenvalue weighted by Crippen LogP contribution is 2.35. The van der Waals surface area contributed by atoms with Crippen LogP contribution in [0.25, 0.3) is 27.5 Å². The van der Waals surface area contributed by atoms with E-state index in [1.165, 1.54) is 16.9 Å². The fourth-order valence-electron chi connectivity index (χ4n) is 6.49. The first-order valence-corrected chi connectivity index (χ1v) is 17.5. The van der Waals surface area contributed by atoms with Gasteiger partial charge in [0, 0.05) is 29.2 Å². The molecule has 0 bridgehead atoms. The number of aryl methyl sites for hydroxylation is 3. The lowest BCUT2D eigenvalue weighted by atomic mass is 9.86. The summed E-state index contributed by atoms with van der Waals surface area (Å²) in [7, 11) is 0. The van der Waals surface area contributed by atoms with Gasteiger partial charge >= 0.3 is 0 Å². The molecule has 0 N–H and O–H groups in total. The third kappa shape index (κ3) is 6.72. The largest absolute Gasteiger partial charge is 0.339 e. The van der Waals surface area contributed by atoms with Gasteiger partial charge in [0.1, 0.15) is 5.01 Å². The van der Waals surface area contributed by atoms with Crippen LogP contribution in [0, 0.1) is 12.8 Å². The van der Waals surface area contributed by atoms with Gasteiger partial charge in [-0.25, -0.2) is 4.98 Å². The molecule has 0 unspecified atom stereocenters. The van der Waals surface area contributed by atoms with Crippen LogP contribution in [0.5, 0.6) is 0 Å². The minimum atomic E-state index is -0.0974. The summed E-state index contributed by atoms with van der Waals surface area (Å²) in [5, 5.41) is 0.664. The van der Waals surface area contributed by atoms with Crippen LogP contribution in [-0.4, -0.2) is 33.4 Å². The Morgan fingerprint density at radius 2 is 1.58 bits per heavy atom. The van der Waals surface area contributed by atoms with Crippen molar-refractivity contribution in [3.63, 3.8) is 0 Å². The van der Waals surface area contributed by atoms with Crippen molar-refractivity contribution < 1.29 is 4.79 Å². The third-order valence-electron chi connectivity index (χ3n) is 9.02. The van der Waals surface area contributed by atoms with E-state index in [1.54, 1.807) is 0 Å². The molecule has 0 spiro atoms. The maximum absolute atomic E-state index is 14.9. The van der Waals surface area contributed by atoms with Crippen LogP contribution in [-0.2, 0) is 24.7 Å². The van der Waals surface area contributed by atoms with Crippen molar-refractivity contribution in [2.45, 2.75) is 99.3 Å². The molecule has 1 saturated heterocycles. The zero-order valence-electron chi connectivity index (χ0n) is 28.4. The summed E-state index contributed by atoms with van der Waals surface area (Å²) in [4.78, 5) is 37.4. The van der Waals surface area contributed by atoms with Gasteiger partial charge in [0.05, 0.1) is 22.5 Å². The summed E-state index contributed by atoms with van der Waals surface area (Å²) in [6.07, 6.45) is 5.39. The lowest BCUT2D eigenvalue weighted by Gasteiger charge is -2.29. The van der Waals surface area contributed by atoms with Crippen LogP contribution in [0.3, 0.4) is 0 Å². The van der Waals surface area contributed by atoms with E-state index in [1.807, 2.05) is 15.5 Å². The number of thiazole rings is 1. The standard InChI is InChI=1S/C39H49N3O2S/c1-9-27-15-14-16-28(10-2)35(27)42-33(23-25(3)4)31(37(43)41-21-12-11-13-22-41)24-32(38(42)44)36-40-34(26(5)45-36)29-17-19-30(20-18-29)39(6,7)8/h14-20,24-25H,9-13,21-23H2,1-8H3. The van der Waals surface area contributed by atoms with Gasteiger partial charge in [-0.2, -0.15) is 0 Å². The third-order valence-corrected chi connectivity index (χ3v) is 10.0. The maximum atomic E-state index is 14.9. The molecule has 5 nitrogen and oxygen atoms in total. The number of para-hydroxylation sites is 1. The van der Waals surface area contributed by atoms with Crippen LogP contribution in [0.4, 0.5) is 0 Å². The van der Waals surface area contributed by atoms with E-state index in [2.05, 4.69) is 97.9 Å². The van der Waals surface area contributed by atoms with Crippen LogP contribution < -0.4 is 5.56 Å². The zero-order chi connectivity index (χ0) is 32.5. The van der Waals surface area contributed by atoms with Crippen molar-refractivity contribution in [1.82, 2.24) is 14.5 Å². The van der Waals surface area contributed by atoms with E-state index < -0.39 is 0 Å². The molecule has 1 aliphatic heterocycles. The molecule has 4 aromatic rings. The molecule has 2 aromatic carbocycles. The number of pyridine rings is 1. The number of amides is 1. The van der Waals surface area contributed by atoms with E-state index in [-0.39, 0.29) is 22.8 Å². The summed E-state index contributed by atoms with van der Waals surface area (Å²) >= 11 is 1.54. The molecule has 0 aliphatic carbocycles. The first-order valence-electron chi connectivity index (χ1n) is 16.7. The lowest BCUT2D eigenvalue weighted by Crippen LogP contribution is -2.38. The second kappa shape index (κ2) is 13.5. The quantitative estimate of drug-likeness (QED) is 0.197. The molecule has 1 amide bonds. The summed E-state index contributed by atoms with van der Waals surface area (Å²) in [5.41, 5.74) is 8.28. The highest BCUT2D eigenvalue weighted by atomic mass is 32.1. The topological polar surface area (TPSA) is 55.2 Å². The lowest BCUT2D eigenvalue weighted by molar-refractivity contribution is 0.0722. The minimum absolute atomic E-state index is 0.0265. The van der Waals surface area contributed by atoms with Crippen molar-refractivity contribution in [2.75, 3.05) is 13.1 Å². The van der Waals surface area contributed by atoms with Crippen molar-refractivity contribution >= 4 is 17.2 Å². The first kappa shape index (κ1) is 32.9. The number of carbonyl (C=O) groups excluding carboxylic acids is 1. The van der Waals surface area contributed by atoms with Gasteiger partial charge in [0.25, 0.3) is 11.5 Å². The summed E-state index contributed by atoms with van der Waals surface area (Å²) < 4.78 is 1.90. The Balaban J connectivity index is 1.78.